The highest BCUT2D eigenvalue weighted by Crippen LogP contribution is 2.37. The summed E-state index contributed by atoms with van der Waals surface area (Å²) in [6.07, 6.45) is 2.19. The molecule has 1 aromatic rings. The molecule has 0 bridgehead atoms. The van der Waals surface area contributed by atoms with Crippen molar-refractivity contribution in [1.82, 2.24) is 15.0 Å². The van der Waals surface area contributed by atoms with Crippen LogP contribution in [0.1, 0.15) is 50.0 Å². The normalized spacial score (nSPS) is 17.0. The zero-order valence-electron chi connectivity index (χ0n) is 9.22. The van der Waals surface area contributed by atoms with Gasteiger partial charge in [-0.3, -0.25) is 0 Å². The second kappa shape index (κ2) is 4.00. The molecule has 0 spiro atoms. The van der Waals surface area contributed by atoms with Gasteiger partial charge in [-0.05, 0) is 18.8 Å². The summed E-state index contributed by atoms with van der Waals surface area (Å²) in [5, 5.41) is 7.96. The van der Waals surface area contributed by atoms with Crippen molar-refractivity contribution in [2.24, 2.45) is 0 Å². The van der Waals surface area contributed by atoms with Gasteiger partial charge in [0.15, 0.2) is 0 Å². The first-order valence-corrected chi connectivity index (χ1v) is 7.72. The molecule has 1 heterocycles. The Morgan fingerprint density at radius 2 is 2.12 bits per heavy atom. The van der Waals surface area contributed by atoms with Gasteiger partial charge >= 0.3 is 0 Å². The predicted molar refractivity (Wildman–Crippen MR) is 60.9 cm³/mol. The van der Waals surface area contributed by atoms with Crippen LogP contribution in [0.5, 0.6) is 0 Å². The summed E-state index contributed by atoms with van der Waals surface area (Å²) in [5.41, 5.74) is 1.38. The lowest BCUT2D eigenvalue weighted by Crippen LogP contribution is -2.07. The lowest BCUT2D eigenvalue weighted by Gasteiger charge is -2.09. The lowest BCUT2D eigenvalue weighted by molar-refractivity contribution is 0.565. The van der Waals surface area contributed by atoms with Crippen LogP contribution in [0.2, 0.25) is 0 Å². The molecule has 7 heteroatoms. The molecule has 0 aliphatic heterocycles. The standard InChI is InChI=1S/C9H14ClN3O2S/c1-6(2)9-8(5-16(10,14)15)11-12-13(9)7-3-4-7/h6-7H,3-5H2,1-2H3. The third-order valence-corrected chi connectivity index (χ3v) is 3.50. The predicted octanol–water partition coefficient (Wildman–Crippen LogP) is 1.81. The second-order valence-electron chi connectivity index (χ2n) is 4.43. The van der Waals surface area contributed by atoms with E-state index in [9.17, 15) is 8.42 Å². The van der Waals surface area contributed by atoms with E-state index in [4.69, 9.17) is 10.7 Å². The maximum atomic E-state index is 11.1. The van der Waals surface area contributed by atoms with Gasteiger partial charge in [-0.25, -0.2) is 13.1 Å². The first-order chi connectivity index (χ1) is 7.38. The van der Waals surface area contributed by atoms with Crippen molar-refractivity contribution < 1.29 is 8.42 Å². The summed E-state index contributed by atoms with van der Waals surface area (Å²) in [5.74, 6) is -0.0431. The van der Waals surface area contributed by atoms with Crippen LogP contribution in [0.4, 0.5) is 0 Å². The number of rotatable bonds is 4. The van der Waals surface area contributed by atoms with Gasteiger partial charge < -0.3 is 0 Å². The molecule has 0 atom stereocenters. The Morgan fingerprint density at radius 1 is 1.50 bits per heavy atom. The molecule has 16 heavy (non-hydrogen) atoms. The highest BCUT2D eigenvalue weighted by atomic mass is 35.7. The summed E-state index contributed by atoms with van der Waals surface area (Å²) in [6, 6.07) is 0.400. The number of hydrogen-bond acceptors (Lipinski definition) is 4. The topological polar surface area (TPSA) is 64.8 Å². The van der Waals surface area contributed by atoms with E-state index in [0.29, 0.717) is 11.7 Å². The fraction of sp³-hybridized carbons (Fsp3) is 0.778. The summed E-state index contributed by atoms with van der Waals surface area (Å²) in [4.78, 5) is 0. The van der Waals surface area contributed by atoms with E-state index in [1.54, 1.807) is 0 Å². The van der Waals surface area contributed by atoms with Gasteiger partial charge in [-0.15, -0.1) is 5.10 Å². The van der Waals surface area contributed by atoms with Gasteiger partial charge in [0.1, 0.15) is 11.4 Å². The van der Waals surface area contributed by atoms with Crippen LogP contribution in [0.3, 0.4) is 0 Å². The Hall–Kier alpha value is -0.620. The first-order valence-electron chi connectivity index (χ1n) is 5.25. The molecule has 0 aromatic carbocycles. The van der Waals surface area contributed by atoms with E-state index >= 15 is 0 Å². The SMILES string of the molecule is CC(C)c1c(CS(=O)(=O)Cl)nnn1C1CC1. The van der Waals surface area contributed by atoms with Crippen molar-refractivity contribution in [2.75, 3.05) is 0 Å². The van der Waals surface area contributed by atoms with Gasteiger partial charge in [-0.2, -0.15) is 0 Å². The van der Waals surface area contributed by atoms with E-state index in [0.717, 1.165) is 18.5 Å². The van der Waals surface area contributed by atoms with Crippen LogP contribution in [0, 0.1) is 0 Å². The molecule has 5 nitrogen and oxygen atoms in total. The highest BCUT2D eigenvalue weighted by Gasteiger charge is 2.30. The molecule has 1 saturated carbocycles. The second-order valence-corrected chi connectivity index (χ2v) is 7.21. The van der Waals surface area contributed by atoms with Gasteiger partial charge in [-0.1, -0.05) is 19.1 Å². The largest absolute Gasteiger partial charge is 0.246 e. The minimum atomic E-state index is -3.57. The molecular weight excluding hydrogens is 250 g/mol. The van der Waals surface area contributed by atoms with Gasteiger partial charge in [0.25, 0.3) is 0 Å². The average molecular weight is 264 g/mol. The first kappa shape index (κ1) is 11.9. The van der Waals surface area contributed by atoms with Crippen LogP contribution < -0.4 is 0 Å². The van der Waals surface area contributed by atoms with Crippen molar-refractivity contribution in [3.05, 3.63) is 11.4 Å². The highest BCUT2D eigenvalue weighted by molar-refractivity contribution is 8.13. The molecule has 0 amide bonds. The Labute approximate surface area is 99.2 Å². The zero-order valence-corrected chi connectivity index (χ0v) is 10.8. The van der Waals surface area contributed by atoms with Crippen molar-refractivity contribution in [3.63, 3.8) is 0 Å². The lowest BCUT2D eigenvalue weighted by atomic mass is 10.1. The van der Waals surface area contributed by atoms with Gasteiger partial charge in [0.05, 0.1) is 11.7 Å². The van der Waals surface area contributed by atoms with Gasteiger partial charge in [0.2, 0.25) is 9.05 Å². The van der Waals surface area contributed by atoms with Crippen LogP contribution in [-0.2, 0) is 14.8 Å². The summed E-state index contributed by atoms with van der Waals surface area (Å²) in [7, 11) is 1.68. The van der Waals surface area contributed by atoms with Crippen LogP contribution >= 0.6 is 10.7 Å². The number of halogens is 1. The summed E-state index contributed by atoms with van der Waals surface area (Å²) >= 11 is 0. The number of aromatic nitrogens is 3. The van der Waals surface area contributed by atoms with Crippen molar-refractivity contribution in [3.8, 4) is 0 Å². The van der Waals surface area contributed by atoms with E-state index in [2.05, 4.69) is 10.3 Å². The van der Waals surface area contributed by atoms with Crippen LogP contribution in [-0.4, -0.2) is 23.4 Å². The van der Waals surface area contributed by atoms with Gasteiger partial charge in [0, 0.05) is 10.7 Å². The molecule has 1 fully saturated rings. The van der Waals surface area contributed by atoms with Crippen molar-refractivity contribution in [2.45, 2.75) is 44.4 Å². The molecule has 0 N–H and O–H groups in total. The number of hydrogen-bond donors (Lipinski definition) is 0. The van der Waals surface area contributed by atoms with Crippen molar-refractivity contribution >= 4 is 19.7 Å². The Balaban J connectivity index is 2.37. The van der Waals surface area contributed by atoms with E-state index < -0.39 is 9.05 Å². The van der Waals surface area contributed by atoms with Crippen LogP contribution in [0.25, 0.3) is 0 Å². The Morgan fingerprint density at radius 3 is 2.56 bits per heavy atom. The molecule has 2 rings (SSSR count). The number of nitrogens with zero attached hydrogens (tertiary/aromatic N) is 3. The molecular formula is C9H14ClN3O2S. The summed E-state index contributed by atoms with van der Waals surface area (Å²) in [6.45, 7) is 4.00. The quantitative estimate of drug-likeness (QED) is 0.777. The molecule has 0 unspecified atom stereocenters. The average Bonchev–Trinajstić information content (AvgIpc) is 2.86. The molecule has 1 aromatic heterocycles. The minimum Gasteiger partial charge on any atom is -0.246 e. The molecule has 1 aliphatic carbocycles. The zero-order chi connectivity index (χ0) is 11.9. The van der Waals surface area contributed by atoms with E-state index in [1.807, 2.05) is 18.5 Å². The molecule has 0 saturated heterocycles. The maximum absolute atomic E-state index is 11.1. The third-order valence-electron chi connectivity index (χ3n) is 2.55. The molecule has 90 valence electrons. The monoisotopic (exact) mass is 263 g/mol. The third kappa shape index (κ3) is 2.55. The molecule has 0 radical (unpaired) electrons. The fourth-order valence-electron chi connectivity index (χ4n) is 1.79. The van der Waals surface area contributed by atoms with Crippen molar-refractivity contribution in [1.29, 1.82) is 0 Å². The summed E-state index contributed by atoms with van der Waals surface area (Å²) < 4.78 is 24.0. The fourth-order valence-corrected chi connectivity index (χ4v) is 2.63. The molecule has 1 aliphatic rings. The van der Waals surface area contributed by atoms with E-state index in [-0.39, 0.29) is 11.7 Å². The van der Waals surface area contributed by atoms with Crippen LogP contribution in [0.15, 0.2) is 0 Å². The maximum Gasteiger partial charge on any atom is 0.238 e. The Kier molecular flexibility index (Phi) is 2.96. The minimum absolute atomic E-state index is 0.198. The smallest absolute Gasteiger partial charge is 0.238 e. The van der Waals surface area contributed by atoms with E-state index in [1.165, 1.54) is 0 Å². The Bertz CT molecular complexity index is 491.